The van der Waals surface area contributed by atoms with Crippen LogP contribution in [0.4, 0.5) is 0 Å². The molecule has 92 valence electrons. The first kappa shape index (κ1) is 13.0. The molecule has 1 amide bonds. The summed E-state index contributed by atoms with van der Waals surface area (Å²) >= 11 is 0. The minimum Gasteiger partial charge on any atom is -0.462 e. The number of morpholine rings is 1. The Bertz CT molecular complexity index is 293. The molecule has 0 aromatic heterocycles. The smallest absolute Gasteiger partial charge is 0.396 e. The first-order valence-electron chi connectivity index (χ1n) is 5.24. The van der Waals surface area contributed by atoms with Crippen LogP contribution < -0.4 is 0 Å². The van der Waals surface area contributed by atoms with Crippen LogP contribution in [0.15, 0.2) is 0 Å². The van der Waals surface area contributed by atoms with E-state index in [1.54, 1.807) is 0 Å². The van der Waals surface area contributed by atoms with Gasteiger partial charge in [0.1, 0.15) is 0 Å². The third-order valence-electron chi connectivity index (χ3n) is 2.34. The number of hydrogen-bond acceptors (Lipinski definition) is 4. The normalized spacial score (nSPS) is 22.7. The first-order chi connectivity index (χ1) is 7.17. The molecule has 0 N–H and O–H groups in total. The van der Waals surface area contributed by atoms with Crippen LogP contribution in [-0.2, 0) is 19.1 Å². The van der Waals surface area contributed by atoms with Gasteiger partial charge in [0, 0.05) is 13.1 Å². The molecule has 0 aliphatic carbocycles. The second-order valence-corrected chi connectivity index (χ2v) is 5.27. The van der Waals surface area contributed by atoms with Crippen molar-refractivity contribution in [1.82, 2.24) is 4.90 Å². The second kappa shape index (κ2) is 4.05. The monoisotopic (exact) mass is 229 g/mol. The molecular formula is C11H19NO4. The van der Waals surface area contributed by atoms with Crippen molar-refractivity contribution >= 4 is 11.9 Å². The summed E-state index contributed by atoms with van der Waals surface area (Å²) in [5, 5.41) is 0. The van der Waals surface area contributed by atoms with E-state index in [0.29, 0.717) is 13.1 Å². The average Bonchev–Trinajstić information content (AvgIpc) is 2.10. The summed E-state index contributed by atoms with van der Waals surface area (Å²) in [4.78, 5) is 24.4. The Morgan fingerprint density at radius 3 is 1.94 bits per heavy atom. The Balaban J connectivity index is 2.82. The largest absolute Gasteiger partial charge is 0.462 e. The molecule has 1 saturated heterocycles. The lowest BCUT2D eigenvalue weighted by Gasteiger charge is -2.46. The van der Waals surface area contributed by atoms with Gasteiger partial charge in [0.15, 0.2) is 0 Å². The van der Waals surface area contributed by atoms with Crippen molar-refractivity contribution in [3.05, 3.63) is 0 Å². The van der Waals surface area contributed by atoms with Gasteiger partial charge < -0.3 is 14.4 Å². The van der Waals surface area contributed by atoms with Crippen molar-refractivity contribution in [3.63, 3.8) is 0 Å². The third-order valence-corrected chi connectivity index (χ3v) is 2.34. The zero-order chi connectivity index (χ0) is 12.6. The molecule has 0 bridgehead atoms. The summed E-state index contributed by atoms with van der Waals surface area (Å²) in [6, 6.07) is 0. The summed E-state index contributed by atoms with van der Waals surface area (Å²) in [5.41, 5.74) is -0.906. The summed E-state index contributed by atoms with van der Waals surface area (Å²) in [7, 11) is 1.21. The molecule has 16 heavy (non-hydrogen) atoms. The van der Waals surface area contributed by atoms with Gasteiger partial charge >= 0.3 is 11.9 Å². The fourth-order valence-electron chi connectivity index (χ4n) is 2.15. The van der Waals surface area contributed by atoms with Crippen LogP contribution in [0.25, 0.3) is 0 Å². The Kier molecular flexibility index (Phi) is 3.28. The van der Waals surface area contributed by atoms with E-state index in [4.69, 9.17) is 4.74 Å². The second-order valence-electron chi connectivity index (χ2n) is 5.27. The van der Waals surface area contributed by atoms with Gasteiger partial charge in [0.2, 0.25) is 0 Å². The maximum atomic E-state index is 11.7. The Morgan fingerprint density at radius 1 is 1.12 bits per heavy atom. The summed E-state index contributed by atoms with van der Waals surface area (Å²) < 4.78 is 10.2. The Labute approximate surface area is 95.7 Å². The van der Waals surface area contributed by atoms with Gasteiger partial charge in [-0.15, -0.1) is 0 Å². The highest BCUT2D eigenvalue weighted by Crippen LogP contribution is 2.28. The molecule has 5 heteroatoms. The predicted molar refractivity (Wildman–Crippen MR) is 57.8 cm³/mol. The van der Waals surface area contributed by atoms with Gasteiger partial charge in [-0.25, -0.2) is 4.79 Å². The first-order valence-corrected chi connectivity index (χ1v) is 5.24. The molecule has 0 spiro atoms. The lowest BCUT2D eigenvalue weighted by atomic mass is 9.99. The highest BCUT2D eigenvalue weighted by Gasteiger charge is 2.41. The zero-order valence-corrected chi connectivity index (χ0v) is 10.5. The van der Waals surface area contributed by atoms with Crippen molar-refractivity contribution in [3.8, 4) is 0 Å². The van der Waals surface area contributed by atoms with Crippen molar-refractivity contribution in [2.75, 3.05) is 20.2 Å². The van der Waals surface area contributed by atoms with Gasteiger partial charge in [0.25, 0.3) is 0 Å². The molecule has 0 aromatic carbocycles. The van der Waals surface area contributed by atoms with E-state index in [9.17, 15) is 9.59 Å². The van der Waals surface area contributed by atoms with Crippen molar-refractivity contribution < 1.29 is 19.1 Å². The van der Waals surface area contributed by atoms with Gasteiger partial charge in [-0.05, 0) is 27.7 Å². The average molecular weight is 229 g/mol. The van der Waals surface area contributed by atoms with Crippen LogP contribution in [0.5, 0.6) is 0 Å². The highest BCUT2D eigenvalue weighted by atomic mass is 16.5. The minimum atomic E-state index is -0.825. The number of esters is 1. The Hall–Kier alpha value is -1.10. The van der Waals surface area contributed by atoms with Crippen LogP contribution in [-0.4, -0.2) is 48.2 Å². The molecule has 0 radical (unpaired) electrons. The van der Waals surface area contributed by atoms with Crippen LogP contribution in [0, 0.1) is 0 Å². The zero-order valence-electron chi connectivity index (χ0n) is 10.5. The van der Waals surface area contributed by atoms with Crippen LogP contribution in [0.3, 0.4) is 0 Å². The molecule has 1 aliphatic heterocycles. The molecule has 1 aliphatic rings. The van der Waals surface area contributed by atoms with Crippen LogP contribution in [0.2, 0.25) is 0 Å². The van der Waals surface area contributed by atoms with Crippen LogP contribution >= 0.6 is 0 Å². The van der Waals surface area contributed by atoms with E-state index >= 15 is 0 Å². The van der Waals surface area contributed by atoms with E-state index in [-0.39, 0.29) is 0 Å². The van der Waals surface area contributed by atoms with Gasteiger partial charge in [-0.1, -0.05) is 0 Å². The molecule has 5 nitrogen and oxygen atoms in total. The number of amides is 1. The fourth-order valence-corrected chi connectivity index (χ4v) is 2.15. The number of hydrogen-bond donors (Lipinski definition) is 0. The number of ether oxygens (including phenoxy) is 2. The number of nitrogens with zero attached hydrogens (tertiary/aromatic N) is 1. The number of methoxy groups -OCH3 is 1. The van der Waals surface area contributed by atoms with E-state index in [1.165, 1.54) is 12.0 Å². The number of carbonyl (C=O) groups excluding carboxylic acids is 2. The van der Waals surface area contributed by atoms with Crippen molar-refractivity contribution in [1.29, 1.82) is 0 Å². The molecule has 0 aromatic rings. The predicted octanol–water partition coefficient (Wildman–Crippen LogP) is 0.575. The number of rotatable bonds is 0. The lowest BCUT2D eigenvalue weighted by Crippen LogP contribution is -2.59. The van der Waals surface area contributed by atoms with E-state index < -0.39 is 23.1 Å². The quantitative estimate of drug-likeness (QED) is 0.450. The summed E-state index contributed by atoms with van der Waals surface area (Å²) in [6.07, 6.45) is 0. The van der Waals surface area contributed by atoms with Crippen molar-refractivity contribution in [2.45, 2.75) is 38.9 Å². The highest BCUT2D eigenvalue weighted by molar-refractivity contribution is 6.32. The standard InChI is InChI=1S/C11H19NO4/c1-10(2)6-12(7-11(3,4)16-10)8(13)9(14)15-5/h6-7H2,1-5H3. The van der Waals surface area contributed by atoms with Gasteiger partial charge in [-0.3, -0.25) is 4.79 Å². The molecule has 1 rings (SSSR count). The van der Waals surface area contributed by atoms with E-state index in [0.717, 1.165) is 0 Å². The maximum absolute atomic E-state index is 11.7. The fraction of sp³-hybridized carbons (Fsp3) is 0.818. The van der Waals surface area contributed by atoms with E-state index in [2.05, 4.69) is 4.74 Å². The topological polar surface area (TPSA) is 55.8 Å². The van der Waals surface area contributed by atoms with Crippen LogP contribution in [0.1, 0.15) is 27.7 Å². The maximum Gasteiger partial charge on any atom is 0.396 e. The summed E-state index contributed by atoms with van der Waals surface area (Å²) in [5.74, 6) is -1.43. The summed E-state index contributed by atoms with van der Waals surface area (Å²) in [6.45, 7) is 8.36. The number of carbonyl (C=O) groups is 2. The van der Waals surface area contributed by atoms with E-state index in [1.807, 2.05) is 27.7 Å². The Morgan fingerprint density at radius 2 is 1.56 bits per heavy atom. The molecule has 1 fully saturated rings. The molecule has 1 heterocycles. The third kappa shape index (κ3) is 2.95. The van der Waals surface area contributed by atoms with Gasteiger partial charge in [0.05, 0.1) is 18.3 Å². The molecule has 0 atom stereocenters. The molecule has 0 saturated carbocycles. The molecule has 0 unspecified atom stereocenters. The lowest BCUT2D eigenvalue weighted by molar-refractivity contribution is -0.191. The SMILES string of the molecule is COC(=O)C(=O)N1CC(C)(C)OC(C)(C)C1. The molecular weight excluding hydrogens is 210 g/mol. The minimum absolute atomic E-state index is 0.393. The van der Waals surface area contributed by atoms with Gasteiger partial charge in [-0.2, -0.15) is 0 Å². The van der Waals surface area contributed by atoms with Crippen molar-refractivity contribution in [2.24, 2.45) is 0 Å².